The Hall–Kier alpha value is -1.91. The van der Waals surface area contributed by atoms with E-state index in [1.54, 1.807) is 0 Å². The largest absolute Gasteiger partial charge is 0.399 e. The van der Waals surface area contributed by atoms with Gasteiger partial charge in [-0.1, -0.05) is 13.3 Å². The van der Waals surface area contributed by atoms with Crippen LogP contribution in [0.4, 0.5) is 5.69 Å². The van der Waals surface area contributed by atoms with Crippen molar-refractivity contribution < 1.29 is 0 Å². The number of hydrogen-bond donors (Lipinski definition) is 1. The van der Waals surface area contributed by atoms with Crippen LogP contribution in [0.2, 0.25) is 0 Å². The van der Waals surface area contributed by atoms with Crippen LogP contribution in [0.5, 0.6) is 0 Å². The number of aromatic nitrogens is 4. The summed E-state index contributed by atoms with van der Waals surface area (Å²) in [5, 5.41) is 12.1. The normalized spacial score (nSPS) is 11.7. The van der Waals surface area contributed by atoms with Gasteiger partial charge in [0.25, 0.3) is 0 Å². The Morgan fingerprint density at radius 3 is 2.50 bits per heavy atom. The topological polar surface area (TPSA) is 69.6 Å². The first-order valence-electron chi connectivity index (χ1n) is 6.19. The smallest absolute Gasteiger partial charge is 0.182 e. The summed E-state index contributed by atoms with van der Waals surface area (Å²) in [6.07, 6.45) is 2.12. The van der Waals surface area contributed by atoms with E-state index >= 15 is 0 Å². The van der Waals surface area contributed by atoms with E-state index in [9.17, 15) is 0 Å². The Kier molecular flexibility index (Phi) is 3.32. The molecule has 0 aliphatic heterocycles. The van der Waals surface area contributed by atoms with Crippen LogP contribution in [0.1, 0.15) is 33.6 Å². The number of hydrogen-bond acceptors (Lipinski definition) is 4. The highest BCUT2D eigenvalue weighted by Gasteiger charge is 2.24. The lowest BCUT2D eigenvalue weighted by Crippen LogP contribution is -2.28. The van der Waals surface area contributed by atoms with Gasteiger partial charge >= 0.3 is 0 Å². The lowest BCUT2D eigenvalue weighted by atomic mass is 9.98. The van der Waals surface area contributed by atoms with E-state index < -0.39 is 0 Å². The molecule has 1 aromatic heterocycles. The fourth-order valence-electron chi connectivity index (χ4n) is 2.12. The summed E-state index contributed by atoms with van der Waals surface area (Å²) in [7, 11) is 0. The number of nitrogens with two attached hydrogens (primary N) is 1. The maximum Gasteiger partial charge on any atom is 0.182 e. The zero-order valence-corrected chi connectivity index (χ0v) is 11.1. The van der Waals surface area contributed by atoms with Crippen LogP contribution in [0, 0.1) is 0 Å². The number of benzene rings is 1. The van der Waals surface area contributed by atoms with Crippen LogP contribution in [0.3, 0.4) is 0 Å². The molecule has 1 aromatic carbocycles. The molecule has 0 unspecified atom stereocenters. The molecule has 0 saturated heterocycles. The predicted molar refractivity (Wildman–Crippen MR) is 71.9 cm³/mol. The maximum absolute atomic E-state index is 5.69. The zero-order chi connectivity index (χ0) is 13.2. The van der Waals surface area contributed by atoms with Gasteiger partial charge in [-0.2, -0.15) is 0 Å². The summed E-state index contributed by atoms with van der Waals surface area (Å²) in [6, 6.07) is 7.61. The van der Waals surface area contributed by atoms with E-state index in [2.05, 4.69) is 36.3 Å². The average molecular weight is 245 g/mol. The molecule has 18 heavy (non-hydrogen) atoms. The summed E-state index contributed by atoms with van der Waals surface area (Å²) in [6.45, 7) is 6.45. The first kappa shape index (κ1) is 12.5. The number of nitrogen functional groups attached to an aromatic ring is 1. The SMILES string of the molecule is CCCC(C)(C)n1nnnc1-c1ccc(N)cc1. The van der Waals surface area contributed by atoms with E-state index in [0.717, 1.165) is 29.9 Å². The van der Waals surface area contributed by atoms with E-state index in [4.69, 9.17) is 5.73 Å². The molecule has 0 radical (unpaired) electrons. The molecule has 2 aromatic rings. The van der Waals surface area contributed by atoms with Crippen LogP contribution < -0.4 is 5.73 Å². The van der Waals surface area contributed by atoms with E-state index in [1.165, 1.54) is 0 Å². The Balaban J connectivity index is 2.41. The van der Waals surface area contributed by atoms with Crippen molar-refractivity contribution in [3.63, 3.8) is 0 Å². The van der Waals surface area contributed by atoms with Crippen molar-refractivity contribution in [1.29, 1.82) is 0 Å². The summed E-state index contributed by atoms with van der Waals surface area (Å²) in [4.78, 5) is 0. The highest BCUT2D eigenvalue weighted by Crippen LogP contribution is 2.26. The molecule has 1 heterocycles. The first-order valence-corrected chi connectivity index (χ1v) is 6.19. The number of anilines is 1. The van der Waals surface area contributed by atoms with Crippen molar-refractivity contribution in [2.45, 2.75) is 39.2 Å². The van der Waals surface area contributed by atoms with Crippen molar-refractivity contribution in [2.75, 3.05) is 5.73 Å². The quantitative estimate of drug-likeness (QED) is 0.840. The van der Waals surface area contributed by atoms with Crippen molar-refractivity contribution in [3.8, 4) is 11.4 Å². The van der Waals surface area contributed by atoms with Gasteiger partial charge in [-0.15, -0.1) is 5.10 Å². The first-order chi connectivity index (χ1) is 8.54. The van der Waals surface area contributed by atoms with Crippen LogP contribution in [0.15, 0.2) is 24.3 Å². The Morgan fingerprint density at radius 1 is 1.22 bits per heavy atom. The van der Waals surface area contributed by atoms with Crippen molar-refractivity contribution in [2.24, 2.45) is 0 Å². The minimum absolute atomic E-state index is 0.0883. The molecule has 96 valence electrons. The van der Waals surface area contributed by atoms with Gasteiger partial charge in [-0.3, -0.25) is 0 Å². The molecular formula is C13H19N5. The lowest BCUT2D eigenvalue weighted by Gasteiger charge is -2.25. The third-order valence-electron chi connectivity index (χ3n) is 3.07. The summed E-state index contributed by atoms with van der Waals surface area (Å²) >= 11 is 0. The van der Waals surface area contributed by atoms with E-state index in [0.29, 0.717) is 0 Å². The monoisotopic (exact) mass is 245 g/mol. The number of tetrazole rings is 1. The van der Waals surface area contributed by atoms with Gasteiger partial charge in [0.1, 0.15) is 0 Å². The molecule has 2 N–H and O–H groups in total. The molecular weight excluding hydrogens is 226 g/mol. The van der Waals surface area contributed by atoms with E-state index in [1.807, 2.05) is 28.9 Å². The molecule has 5 nitrogen and oxygen atoms in total. The second kappa shape index (κ2) is 4.76. The predicted octanol–water partition coefficient (Wildman–Crippen LogP) is 2.46. The van der Waals surface area contributed by atoms with Crippen LogP contribution in [-0.4, -0.2) is 20.2 Å². The third-order valence-corrected chi connectivity index (χ3v) is 3.07. The minimum Gasteiger partial charge on any atom is -0.399 e. The lowest BCUT2D eigenvalue weighted by molar-refractivity contribution is 0.290. The minimum atomic E-state index is -0.0883. The maximum atomic E-state index is 5.69. The van der Waals surface area contributed by atoms with Gasteiger partial charge in [-0.05, 0) is 55.0 Å². The van der Waals surface area contributed by atoms with E-state index in [-0.39, 0.29) is 5.54 Å². The van der Waals surface area contributed by atoms with Gasteiger partial charge in [0, 0.05) is 11.3 Å². The summed E-state index contributed by atoms with van der Waals surface area (Å²) in [5.74, 6) is 0.786. The van der Waals surface area contributed by atoms with Gasteiger partial charge in [0.15, 0.2) is 5.82 Å². The van der Waals surface area contributed by atoms with Gasteiger partial charge in [0.05, 0.1) is 5.54 Å². The van der Waals surface area contributed by atoms with Crippen LogP contribution in [0.25, 0.3) is 11.4 Å². The molecule has 2 rings (SSSR count). The molecule has 0 amide bonds. The molecule has 0 aliphatic rings. The fraction of sp³-hybridized carbons (Fsp3) is 0.462. The molecule has 0 fully saturated rings. The summed E-state index contributed by atoms with van der Waals surface area (Å²) < 4.78 is 1.89. The highest BCUT2D eigenvalue weighted by atomic mass is 15.6. The highest BCUT2D eigenvalue weighted by molar-refractivity contribution is 5.58. The van der Waals surface area contributed by atoms with Crippen LogP contribution >= 0.6 is 0 Å². The summed E-state index contributed by atoms with van der Waals surface area (Å²) in [5.41, 5.74) is 7.33. The van der Waals surface area contributed by atoms with Crippen molar-refractivity contribution >= 4 is 5.69 Å². The Bertz CT molecular complexity index is 512. The third kappa shape index (κ3) is 2.34. The van der Waals surface area contributed by atoms with Crippen LogP contribution in [-0.2, 0) is 5.54 Å². The van der Waals surface area contributed by atoms with Gasteiger partial charge in [0.2, 0.25) is 0 Å². The molecule has 0 bridgehead atoms. The zero-order valence-electron chi connectivity index (χ0n) is 11.1. The molecule has 0 saturated carbocycles. The number of rotatable bonds is 4. The van der Waals surface area contributed by atoms with Gasteiger partial charge < -0.3 is 5.73 Å². The Labute approximate surface area is 107 Å². The standard InChI is InChI=1S/C13H19N5/c1-4-9-13(2,3)18-12(15-16-17-18)10-5-7-11(14)8-6-10/h5-8H,4,9,14H2,1-3H3. The molecule has 0 spiro atoms. The van der Waals surface area contributed by atoms with Gasteiger partial charge in [-0.25, -0.2) is 4.68 Å². The molecule has 0 aliphatic carbocycles. The average Bonchev–Trinajstić information content (AvgIpc) is 2.79. The van der Waals surface area contributed by atoms with Crippen molar-refractivity contribution in [3.05, 3.63) is 24.3 Å². The van der Waals surface area contributed by atoms with Crippen molar-refractivity contribution in [1.82, 2.24) is 20.2 Å². The fourth-order valence-corrected chi connectivity index (χ4v) is 2.12. The second-order valence-electron chi connectivity index (χ2n) is 5.10. The Morgan fingerprint density at radius 2 is 1.89 bits per heavy atom. The molecule has 0 atom stereocenters. The molecule has 5 heteroatoms. The second-order valence-corrected chi connectivity index (χ2v) is 5.10. The number of nitrogens with zero attached hydrogens (tertiary/aromatic N) is 4.